The molecular weight excluding hydrogens is 232 g/mol. The van der Waals surface area contributed by atoms with Gasteiger partial charge in [0.05, 0.1) is 6.61 Å². The van der Waals surface area contributed by atoms with Crippen LogP contribution in [0.3, 0.4) is 0 Å². The Hall–Kier alpha value is -1.20. The van der Waals surface area contributed by atoms with E-state index in [-0.39, 0.29) is 25.4 Å². The lowest BCUT2D eigenvalue weighted by Crippen LogP contribution is -2.43. The number of nitrogens with one attached hydrogen (secondary N) is 1. The summed E-state index contributed by atoms with van der Waals surface area (Å²) in [5.74, 6) is -4.55. The van der Waals surface area contributed by atoms with Crippen molar-refractivity contribution in [2.24, 2.45) is 17.8 Å². The number of carbonyl (C=O) groups excluding carboxylic acids is 2. The molecule has 6 heteroatoms. The van der Waals surface area contributed by atoms with Crippen molar-refractivity contribution in [3.8, 4) is 0 Å². The number of hydrogen-bond acceptors (Lipinski definition) is 3. The van der Waals surface area contributed by atoms with Crippen LogP contribution in [-0.2, 0) is 14.3 Å². The number of amides is 1. The van der Waals surface area contributed by atoms with Crippen LogP contribution in [0.4, 0.5) is 8.78 Å². The zero-order chi connectivity index (χ0) is 12.6. The molecule has 0 aromatic carbocycles. The molecule has 2 aliphatic rings. The van der Waals surface area contributed by atoms with E-state index in [1.165, 1.54) is 0 Å². The minimum atomic E-state index is -2.56. The van der Waals surface area contributed by atoms with E-state index >= 15 is 0 Å². The van der Waals surface area contributed by atoms with Crippen LogP contribution in [0.15, 0.2) is 0 Å². The molecule has 0 radical (unpaired) electrons. The predicted molar refractivity (Wildman–Crippen MR) is 54.3 cm³/mol. The van der Waals surface area contributed by atoms with E-state index in [1.54, 1.807) is 6.92 Å². The van der Waals surface area contributed by atoms with Gasteiger partial charge in [0.15, 0.2) is 0 Å². The SMILES string of the molecule is CCOC(=O)C(NC=O)C1CC2C(C1)C2(F)F. The Bertz CT molecular complexity index is 321. The van der Waals surface area contributed by atoms with Gasteiger partial charge < -0.3 is 10.1 Å². The molecule has 3 atom stereocenters. The smallest absolute Gasteiger partial charge is 0.328 e. The molecule has 0 heterocycles. The summed E-state index contributed by atoms with van der Waals surface area (Å²) in [5.41, 5.74) is 0. The van der Waals surface area contributed by atoms with Crippen molar-refractivity contribution in [3.05, 3.63) is 0 Å². The second-order valence-electron chi connectivity index (χ2n) is 4.63. The van der Waals surface area contributed by atoms with Gasteiger partial charge in [-0.2, -0.15) is 0 Å². The summed E-state index contributed by atoms with van der Waals surface area (Å²) in [4.78, 5) is 22.0. The van der Waals surface area contributed by atoms with Crippen molar-refractivity contribution in [3.63, 3.8) is 0 Å². The van der Waals surface area contributed by atoms with Crippen LogP contribution in [0.5, 0.6) is 0 Å². The number of halogens is 2. The molecule has 0 bridgehead atoms. The van der Waals surface area contributed by atoms with Crippen LogP contribution < -0.4 is 5.32 Å². The lowest BCUT2D eigenvalue weighted by atomic mass is 9.94. The first kappa shape index (κ1) is 12.3. The third-order valence-corrected chi connectivity index (χ3v) is 3.74. The van der Waals surface area contributed by atoms with Crippen molar-refractivity contribution >= 4 is 12.4 Å². The number of fused-ring (bicyclic) bond motifs is 1. The second kappa shape index (κ2) is 4.23. The highest BCUT2D eigenvalue weighted by Crippen LogP contribution is 2.66. The molecule has 2 rings (SSSR count). The maximum absolute atomic E-state index is 13.0. The largest absolute Gasteiger partial charge is 0.464 e. The van der Waals surface area contributed by atoms with Crippen molar-refractivity contribution < 1.29 is 23.1 Å². The fraction of sp³-hybridized carbons (Fsp3) is 0.818. The molecule has 2 fully saturated rings. The van der Waals surface area contributed by atoms with Crippen LogP contribution in [0, 0.1) is 17.8 Å². The van der Waals surface area contributed by atoms with E-state index in [2.05, 4.69) is 5.32 Å². The van der Waals surface area contributed by atoms with Gasteiger partial charge in [-0.3, -0.25) is 4.79 Å². The molecule has 4 nitrogen and oxygen atoms in total. The van der Waals surface area contributed by atoms with Gasteiger partial charge in [0.25, 0.3) is 5.92 Å². The number of carbonyl (C=O) groups is 2. The highest BCUT2D eigenvalue weighted by molar-refractivity contribution is 5.78. The molecule has 0 aromatic heterocycles. The third kappa shape index (κ3) is 2.00. The highest BCUT2D eigenvalue weighted by Gasteiger charge is 2.72. The van der Waals surface area contributed by atoms with Crippen molar-refractivity contribution in [2.45, 2.75) is 31.7 Å². The van der Waals surface area contributed by atoms with Gasteiger partial charge in [-0.1, -0.05) is 0 Å². The average Bonchev–Trinajstić information content (AvgIpc) is 2.69. The molecule has 0 aromatic rings. The molecule has 0 saturated heterocycles. The highest BCUT2D eigenvalue weighted by atomic mass is 19.3. The number of alkyl halides is 2. The first-order chi connectivity index (χ1) is 8.02. The Labute approximate surface area is 97.7 Å². The van der Waals surface area contributed by atoms with E-state index < -0.39 is 29.8 Å². The molecule has 2 aliphatic carbocycles. The molecule has 1 N–H and O–H groups in total. The number of rotatable bonds is 5. The van der Waals surface area contributed by atoms with Gasteiger partial charge >= 0.3 is 5.97 Å². The Morgan fingerprint density at radius 2 is 2.12 bits per heavy atom. The Morgan fingerprint density at radius 1 is 1.53 bits per heavy atom. The van der Waals surface area contributed by atoms with Gasteiger partial charge in [0, 0.05) is 11.8 Å². The number of esters is 1. The normalized spacial score (nSPS) is 34.6. The van der Waals surface area contributed by atoms with Crippen molar-refractivity contribution in [2.75, 3.05) is 6.61 Å². The van der Waals surface area contributed by atoms with Crippen LogP contribution >= 0.6 is 0 Å². The zero-order valence-electron chi connectivity index (χ0n) is 9.49. The summed E-state index contributed by atoms with van der Waals surface area (Å²) in [7, 11) is 0. The lowest BCUT2D eigenvalue weighted by molar-refractivity contribution is -0.148. The van der Waals surface area contributed by atoms with Crippen LogP contribution in [0.2, 0.25) is 0 Å². The lowest BCUT2D eigenvalue weighted by Gasteiger charge is -2.23. The third-order valence-electron chi connectivity index (χ3n) is 3.74. The van der Waals surface area contributed by atoms with Gasteiger partial charge in [0.2, 0.25) is 6.41 Å². The average molecular weight is 247 g/mol. The summed E-state index contributed by atoms with van der Waals surface area (Å²) >= 11 is 0. The van der Waals surface area contributed by atoms with Gasteiger partial charge in [-0.05, 0) is 25.7 Å². The Kier molecular flexibility index (Phi) is 3.05. The predicted octanol–water partition coefficient (Wildman–Crippen LogP) is 0.955. The van der Waals surface area contributed by atoms with Gasteiger partial charge in [-0.25, -0.2) is 13.6 Å². The van der Waals surface area contributed by atoms with E-state index in [0.29, 0.717) is 6.41 Å². The molecule has 3 unspecified atom stereocenters. The minimum absolute atomic E-state index is 0.214. The Morgan fingerprint density at radius 3 is 2.59 bits per heavy atom. The molecular formula is C11H15F2NO3. The fourth-order valence-electron chi connectivity index (χ4n) is 2.83. The van der Waals surface area contributed by atoms with Crippen LogP contribution in [0.1, 0.15) is 19.8 Å². The summed E-state index contributed by atoms with van der Waals surface area (Å²) in [6.45, 7) is 1.88. The second-order valence-corrected chi connectivity index (χ2v) is 4.63. The number of hydrogen-bond donors (Lipinski definition) is 1. The minimum Gasteiger partial charge on any atom is -0.464 e. The maximum atomic E-state index is 13.0. The molecule has 2 saturated carbocycles. The van der Waals surface area contributed by atoms with E-state index in [0.717, 1.165) is 0 Å². The molecule has 0 aliphatic heterocycles. The van der Waals surface area contributed by atoms with E-state index in [1.807, 2.05) is 0 Å². The Balaban J connectivity index is 1.95. The van der Waals surface area contributed by atoms with E-state index in [9.17, 15) is 18.4 Å². The van der Waals surface area contributed by atoms with Crippen LogP contribution in [-0.4, -0.2) is 31.0 Å². The quantitative estimate of drug-likeness (QED) is 0.581. The van der Waals surface area contributed by atoms with Crippen LogP contribution in [0.25, 0.3) is 0 Å². The maximum Gasteiger partial charge on any atom is 0.328 e. The molecule has 17 heavy (non-hydrogen) atoms. The first-order valence-corrected chi connectivity index (χ1v) is 5.76. The van der Waals surface area contributed by atoms with Crippen molar-refractivity contribution in [1.82, 2.24) is 5.32 Å². The van der Waals surface area contributed by atoms with Gasteiger partial charge in [0.1, 0.15) is 6.04 Å². The zero-order valence-corrected chi connectivity index (χ0v) is 9.49. The fourth-order valence-corrected chi connectivity index (χ4v) is 2.83. The first-order valence-electron chi connectivity index (χ1n) is 5.76. The molecule has 0 spiro atoms. The topological polar surface area (TPSA) is 55.4 Å². The monoisotopic (exact) mass is 247 g/mol. The summed E-state index contributed by atoms with van der Waals surface area (Å²) in [6.07, 6.45) is 0.980. The summed E-state index contributed by atoms with van der Waals surface area (Å²) in [5, 5.41) is 2.38. The van der Waals surface area contributed by atoms with Gasteiger partial charge in [-0.15, -0.1) is 0 Å². The summed E-state index contributed by atoms with van der Waals surface area (Å²) < 4.78 is 30.8. The summed E-state index contributed by atoms with van der Waals surface area (Å²) in [6, 6.07) is -0.781. The molecule has 96 valence electrons. The van der Waals surface area contributed by atoms with Crippen molar-refractivity contribution in [1.29, 1.82) is 0 Å². The van der Waals surface area contributed by atoms with E-state index in [4.69, 9.17) is 4.74 Å². The standard InChI is InChI=1S/C11H15F2NO3/c1-2-17-10(16)9(14-5-15)6-3-7-8(4-6)11(7,12)13/h5-9H,2-4H2,1H3,(H,14,15). The number of ether oxygens (including phenoxy) is 1. The molecule has 1 amide bonds.